The summed E-state index contributed by atoms with van der Waals surface area (Å²) in [7, 11) is -3.25. The maximum absolute atomic E-state index is 12.3. The quantitative estimate of drug-likeness (QED) is 0.755. The van der Waals surface area contributed by atoms with Gasteiger partial charge in [0, 0.05) is 45.3 Å². The zero-order chi connectivity index (χ0) is 17.0. The van der Waals surface area contributed by atoms with Gasteiger partial charge in [-0.3, -0.25) is 4.90 Å². The highest BCUT2D eigenvalue weighted by atomic mass is 32.2. The molecule has 2 fully saturated rings. The number of halogens is 2. The van der Waals surface area contributed by atoms with Crippen LogP contribution in [0, 0.1) is 0 Å². The van der Waals surface area contributed by atoms with Gasteiger partial charge in [-0.15, -0.1) is 0 Å². The first kappa shape index (κ1) is 18.3. The number of piperazine rings is 1. The molecule has 0 aromatic heterocycles. The monoisotopic (exact) mass is 354 g/mol. The van der Waals surface area contributed by atoms with Crippen molar-refractivity contribution in [2.75, 3.05) is 52.1 Å². The normalized spacial score (nSPS) is 24.3. The third-order valence-electron chi connectivity index (χ3n) is 4.29. The Morgan fingerprint density at radius 3 is 2.43 bits per heavy atom. The van der Waals surface area contributed by atoms with E-state index in [-0.39, 0.29) is 25.2 Å². The summed E-state index contributed by atoms with van der Waals surface area (Å²) in [6.45, 7) is 2.17. The van der Waals surface area contributed by atoms with Crippen molar-refractivity contribution in [3.8, 4) is 0 Å². The lowest BCUT2D eigenvalue weighted by atomic mass is 10.2. The van der Waals surface area contributed by atoms with Gasteiger partial charge in [0.25, 0.3) is 6.43 Å². The second kappa shape index (κ2) is 7.71. The van der Waals surface area contributed by atoms with Crippen molar-refractivity contribution in [2.45, 2.75) is 25.3 Å². The third-order valence-corrected chi connectivity index (χ3v) is 5.63. The van der Waals surface area contributed by atoms with Crippen LogP contribution in [0.15, 0.2) is 0 Å². The minimum Gasteiger partial charge on any atom is -0.336 e. The molecule has 1 atom stereocenters. The van der Waals surface area contributed by atoms with Crippen LogP contribution >= 0.6 is 0 Å². The van der Waals surface area contributed by atoms with E-state index in [1.807, 2.05) is 0 Å². The number of carbonyl (C=O) groups is 1. The van der Waals surface area contributed by atoms with Gasteiger partial charge < -0.3 is 10.2 Å². The molecule has 7 nitrogen and oxygen atoms in total. The van der Waals surface area contributed by atoms with Crippen LogP contribution in [0.1, 0.15) is 12.8 Å². The van der Waals surface area contributed by atoms with Crippen molar-refractivity contribution in [3.05, 3.63) is 0 Å². The summed E-state index contributed by atoms with van der Waals surface area (Å²) in [4.78, 5) is 15.3. The Labute approximate surface area is 135 Å². The Bertz CT molecular complexity index is 509. The topological polar surface area (TPSA) is 73.0 Å². The summed E-state index contributed by atoms with van der Waals surface area (Å²) < 4.78 is 49.4. The van der Waals surface area contributed by atoms with E-state index in [1.165, 1.54) is 10.6 Å². The predicted molar refractivity (Wildman–Crippen MR) is 82.0 cm³/mol. The number of nitrogens with one attached hydrogen (secondary N) is 1. The van der Waals surface area contributed by atoms with Gasteiger partial charge in [0.15, 0.2) is 0 Å². The van der Waals surface area contributed by atoms with Crippen molar-refractivity contribution in [1.29, 1.82) is 0 Å². The fourth-order valence-corrected chi connectivity index (χ4v) is 4.28. The Balaban J connectivity index is 1.75. The van der Waals surface area contributed by atoms with Crippen molar-refractivity contribution in [1.82, 2.24) is 19.4 Å². The first-order valence-electron chi connectivity index (χ1n) is 7.77. The summed E-state index contributed by atoms with van der Waals surface area (Å²) in [5.74, 6) is 0. The van der Waals surface area contributed by atoms with Crippen LogP contribution in [0.25, 0.3) is 0 Å². The molecule has 2 aliphatic heterocycles. The van der Waals surface area contributed by atoms with Gasteiger partial charge in [0.2, 0.25) is 10.0 Å². The van der Waals surface area contributed by atoms with E-state index in [0.717, 1.165) is 12.8 Å². The summed E-state index contributed by atoms with van der Waals surface area (Å²) >= 11 is 0. The fraction of sp³-hybridized carbons (Fsp3) is 0.923. The van der Waals surface area contributed by atoms with Gasteiger partial charge >= 0.3 is 6.03 Å². The highest BCUT2D eigenvalue weighted by molar-refractivity contribution is 7.88. The number of rotatable bonds is 5. The van der Waals surface area contributed by atoms with Gasteiger partial charge in [-0.05, 0) is 12.8 Å². The molecule has 0 unspecified atom stereocenters. The van der Waals surface area contributed by atoms with Crippen molar-refractivity contribution in [3.63, 3.8) is 0 Å². The summed E-state index contributed by atoms with van der Waals surface area (Å²) in [5.41, 5.74) is 0. The van der Waals surface area contributed by atoms with Gasteiger partial charge in [-0.1, -0.05) is 0 Å². The molecule has 1 N–H and O–H groups in total. The number of hydrogen-bond acceptors (Lipinski definition) is 4. The third kappa shape index (κ3) is 5.25. The molecule has 2 aliphatic rings. The van der Waals surface area contributed by atoms with Crippen molar-refractivity contribution >= 4 is 16.1 Å². The molecule has 2 saturated heterocycles. The number of sulfonamides is 1. The van der Waals surface area contributed by atoms with Crippen molar-refractivity contribution < 1.29 is 22.0 Å². The first-order valence-corrected chi connectivity index (χ1v) is 9.62. The zero-order valence-corrected chi connectivity index (χ0v) is 14.1. The lowest BCUT2D eigenvalue weighted by Crippen LogP contribution is -2.54. The lowest BCUT2D eigenvalue weighted by molar-refractivity contribution is 0.0635. The van der Waals surface area contributed by atoms with E-state index < -0.39 is 16.4 Å². The minimum absolute atomic E-state index is 0.200. The van der Waals surface area contributed by atoms with E-state index in [2.05, 4.69) is 5.32 Å². The van der Waals surface area contributed by atoms with Crippen molar-refractivity contribution in [2.24, 2.45) is 0 Å². The van der Waals surface area contributed by atoms with Crippen LogP contribution in [0.2, 0.25) is 0 Å². The lowest BCUT2D eigenvalue weighted by Gasteiger charge is -2.34. The number of carbonyl (C=O) groups excluding carboxylic acids is 1. The van der Waals surface area contributed by atoms with Crippen LogP contribution in [-0.2, 0) is 10.0 Å². The highest BCUT2D eigenvalue weighted by Gasteiger charge is 2.32. The van der Waals surface area contributed by atoms with Crippen LogP contribution in [0.4, 0.5) is 13.6 Å². The van der Waals surface area contributed by atoms with E-state index in [0.29, 0.717) is 32.7 Å². The standard InChI is InChI=1S/C13H24F2N4O3S/c1-23(21,22)19-4-2-3-11(19)9-16-13(20)18-7-5-17(6-8-18)10-12(14)15/h11-12H,2-10H2,1H3,(H,16,20)/t11-/m1/s1. The number of hydrogen-bond donors (Lipinski definition) is 1. The van der Waals surface area contributed by atoms with Crippen LogP contribution in [-0.4, -0.2) is 93.1 Å². The average molecular weight is 354 g/mol. The van der Waals surface area contributed by atoms with Gasteiger partial charge in [0.05, 0.1) is 12.8 Å². The molecule has 134 valence electrons. The second-order valence-electron chi connectivity index (χ2n) is 6.03. The van der Waals surface area contributed by atoms with Crippen LogP contribution < -0.4 is 5.32 Å². The minimum atomic E-state index is -3.25. The number of urea groups is 1. The maximum atomic E-state index is 12.3. The molecule has 10 heteroatoms. The van der Waals surface area contributed by atoms with Crippen LogP contribution in [0.3, 0.4) is 0 Å². The molecule has 2 rings (SSSR count). The SMILES string of the molecule is CS(=O)(=O)N1CCC[C@@H]1CNC(=O)N1CCN(CC(F)F)CC1. The Morgan fingerprint density at radius 1 is 1.22 bits per heavy atom. The molecule has 0 saturated carbocycles. The molecule has 0 radical (unpaired) electrons. The average Bonchev–Trinajstić information content (AvgIpc) is 2.93. The molecule has 0 aromatic rings. The molecule has 2 amide bonds. The number of amides is 2. The van der Waals surface area contributed by atoms with Gasteiger partial charge in [-0.2, -0.15) is 4.31 Å². The van der Waals surface area contributed by atoms with E-state index in [9.17, 15) is 22.0 Å². The van der Waals surface area contributed by atoms with E-state index >= 15 is 0 Å². The van der Waals surface area contributed by atoms with Gasteiger partial charge in [-0.25, -0.2) is 22.0 Å². The largest absolute Gasteiger partial charge is 0.336 e. The molecule has 0 bridgehead atoms. The smallest absolute Gasteiger partial charge is 0.317 e. The summed E-state index contributed by atoms with van der Waals surface area (Å²) in [6, 6.07) is -0.462. The molecule has 23 heavy (non-hydrogen) atoms. The number of alkyl halides is 2. The molecule has 0 aliphatic carbocycles. The Kier molecular flexibility index (Phi) is 6.15. The van der Waals surface area contributed by atoms with E-state index in [1.54, 1.807) is 9.80 Å². The van der Waals surface area contributed by atoms with Gasteiger partial charge in [0.1, 0.15) is 0 Å². The molecular formula is C13H24F2N4O3S. The van der Waals surface area contributed by atoms with Crippen LogP contribution in [0.5, 0.6) is 0 Å². The fourth-order valence-electron chi connectivity index (χ4n) is 3.10. The molecule has 0 aromatic carbocycles. The molecule has 0 spiro atoms. The summed E-state index contributed by atoms with van der Waals surface area (Å²) in [5, 5.41) is 2.77. The predicted octanol–water partition coefficient (Wildman–Crippen LogP) is 0.00270. The molecule has 2 heterocycles. The molecular weight excluding hydrogens is 330 g/mol. The first-order chi connectivity index (χ1) is 10.8. The number of nitrogens with zero attached hydrogens (tertiary/aromatic N) is 3. The second-order valence-corrected chi connectivity index (χ2v) is 7.97. The maximum Gasteiger partial charge on any atom is 0.317 e. The Morgan fingerprint density at radius 2 is 1.87 bits per heavy atom. The van der Waals surface area contributed by atoms with E-state index in [4.69, 9.17) is 0 Å². The highest BCUT2D eigenvalue weighted by Crippen LogP contribution is 2.19. The summed E-state index contributed by atoms with van der Waals surface area (Å²) in [6.07, 6.45) is 0.338. The Hall–Kier alpha value is -1.00. The zero-order valence-electron chi connectivity index (χ0n) is 13.2.